The molecule has 1 aliphatic heterocycles. The fraction of sp³-hybridized carbons (Fsp3) is 0.727. The molecule has 7 nitrogen and oxygen atoms in total. The number of hydrogen-bond donors (Lipinski definition) is 1. The number of amides is 1. The number of halogens is 2. The van der Waals surface area contributed by atoms with Crippen LogP contribution in [0.3, 0.4) is 0 Å². The fourth-order valence-electron chi connectivity index (χ4n) is 5.59. The normalized spacial score (nSPS) is 27.1. The van der Waals surface area contributed by atoms with Gasteiger partial charge in [0, 0.05) is 37.8 Å². The van der Waals surface area contributed by atoms with Gasteiger partial charge in [0.1, 0.15) is 11.2 Å². The van der Waals surface area contributed by atoms with Gasteiger partial charge in [0.15, 0.2) is 5.65 Å². The third-order valence-corrected chi connectivity index (χ3v) is 7.37. The van der Waals surface area contributed by atoms with Crippen LogP contribution in [-0.2, 0) is 4.79 Å². The summed E-state index contributed by atoms with van der Waals surface area (Å²) in [5.74, 6) is -2.21. The van der Waals surface area contributed by atoms with Crippen LogP contribution in [0.4, 0.5) is 8.78 Å². The van der Waals surface area contributed by atoms with Crippen LogP contribution >= 0.6 is 0 Å². The Labute approximate surface area is 179 Å². The van der Waals surface area contributed by atoms with Crippen LogP contribution < -0.4 is 5.56 Å². The highest BCUT2D eigenvalue weighted by atomic mass is 19.3. The van der Waals surface area contributed by atoms with Crippen molar-refractivity contribution in [1.29, 1.82) is 0 Å². The highest BCUT2D eigenvalue weighted by Gasteiger charge is 2.38. The number of H-pyrrole nitrogens is 1. The molecule has 2 saturated carbocycles. The Morgan fingerprint density at radius 3 is 2.52 bits per heavy atom. The molecule has 9 heteroatoms. The van der Waals surface area contributed by atoms with Gasteiger partial charge in [-0.3, -0.25) is 9.59 Å². The van der Waals surface area contributed by atoms with Crippen LogP contribution in [0.1, 0.15) is 82.0 Å². The van der Waals surface area contributed by atoms with Gasteiger partial charge in [-0.2, -0.15) is 5.10 Å². The first-order valence-corrected chi connectivity index (χ1v) is 11.6. The smallest absolute Gasteiger partial charge is 0.262 e. The lowest BCUT2D eigenvalue weighted by Gasteiger charge is -2.32. The second kappa shape index (κ2) is 7.98. The minimum atomic E-state index is -2.62. The monoisotopic (exact) mass is 433 g/mol. The van der Waals surface area contributed by atoms with Gasteiger partial charge in [-0.15, -0.1) is 0 Å². The lowest BCUT2D eigenvalue weighted by molar-refractivity contribution is -0.136. The summed E-state index contributed by atoms with van der Waals surface area (Å²) in [6.45, 7) is 1.62. The van der Waals surface area contributed by atoms with Crippen molar-refractivity contribution in [1.82, 2.24) is 24.6 Å². The molecular weight excluding hydrogens is 404 g/mol. The third-order valence-electron chi connectivity index (χ3n) is 7.37. The van der Waals surface area contributed by atoms with Crippen molar-refractivity contribution in [2.75, 3.05) is 13.1 Å². The van der Waals surface area contributed by atoms with Crippen molar-refractivity contribution in [3.63, 3.8) is 0 Å². The Morgan fingerprint density at radius 2 is 1.77 bits per heavy atom. The predicted molar refractivity (Wildman–Crippen MR) is 111 cm³/mol. The molecule has 3 heterocycles. The van der Waals surface area contributed by atoms with Crippen molar-refractivity contribution in [3.8, 4) is 0 Å². The number of likely N-dealkylation sites (tertiary alicyclic amines) is 1. The summed E-state index contributed by atoms with van der Waals surface area (Å²) in [5.41, 5.74) is 0.178. The lowest BCUT2D eigenvalue weighted by atomic mass is 9.78. The van der Waals surface area contributed by atoms with E-state index in [1.54, 1.807) is 4.68 Å². The molecule has 2 aromatic rings. The second-order valence-corrected chi connectivity index (χ2v) is 9.39. The number of alkyl halides is 2. The first-order chi connectivity index (χ1) is 14.9. The van der Waals surface area contributed by atoms with Gasteiger partial charge in [0.05, 0.1) is 12.2 Å². The topological polar surface area (TPSA) is 83.9 Å². The first-order valence-electron chi connectivity index (χ1n) is 11.6. The second-order valence-electron chi connectivity index (χ2n) is 9.39. The molecule has 0 unspecified atom stereocenters. The summed E-state index contributed by atoms with van der Waals surface area (Å²) >= 11 is 0. The summed E-state index contributed by atoms with van der Waals surface area (Å²) < 4.78 is 28.9. The van der Waals surface area contributed by atoms with Crippen LogP contribution in [0.2, 0.25) is 0 Å². The minimum Gasteiger partial charge on any atom is -0.342 e. The number of rotatable bonds is 3. The zero-order valence-corrected chi connectivity index (χ0v) is 17.7. The summed E-state index contributed by atoms with van der Waals surface area (Å²) in [5, 5.41) is 4.72. The molecule has 3 fully saturated rings. The van der Waals surface area contributed by atoms with Gasteiger partial charge in [-0.05, 0) is 38.5 Å². The largest absolute Gasteiger partial charge is 0.342 e. The fourth-order valence-corrected chi connectivity index (χ4v) is 5.59. The van der Waals surface area contributed by atoms with Gasteiger partial charge in [0.2, 0.25) is 11.8 Å². The summed E-state index contributed by atoms with van der Waals surface area (Å²) in [6.07, 6.45) is 7.45. The molecule has 0 aromatic carbocycles. The molecule has 2 aliphatic carbocycles. The van der Waals surface area contributed by atoms with E-state index in [0.29, 0.717) is 29.7 Å². The average molecular weight is 434 g/mol. The zero-order chi connectivity index (χ0) is 21.6. The predicted octanol–water partition coefficient (Wildman–Crippen LogP) is 3.77. The van der Waals surface area contributed by atoms with Crippen LogP contribution in [0.15, 0.2) is 11.0 Å². The Hall–Kier alpha value is -2.32. The number of carbonyl (C=O) groups is 1. The SMILES string of the molecule is O=C([C@H]1CCCC[C@@H]1c1nc2c(cnn2C2CCC(F)(F)CC2)c(=O)[nH]1)N1CCCC1. The van der Waals surface area contributed by atoms with E-state index in [9.17, 15) is 18.4 Å². The van der Waals surface area contributed by atoms with Crippen LogP contribution in [0.25, 0.3) is 11.0 Å². The molecule has 5 rings (SSSR count). The van der Waals surface area contributed by atoms with E-state index in [0.717, 1.165) is 51.6 Å². The molecule has 31 heavy (non-hydrogen) atoms. The van der Waals surface area contributed by atoms with Gasteiger partial charge < -0.3 is 9.88 Å². The number of nitrogens with one attached hydrogen (secondary N) is 1. The van der Waals surface area contributed by atoms with Gasteiger partial charge in [-0.1, -0.05) is 12.8 Å². The number of nitrogens with zero attached hydrogens (tertiary/aromatic N) is 4. The van der Waals surface area contributed by atoms with E-state index in [4.69, 9.17) is 4.98 Å². The van der Waals surface area contributed by atoms with Gasteiger partial charge in [-0.25, -0.2) is 18.4 Å². The minimum absolute atomic E-state index is 0.127. The van der Waals surface area contributed by atoms with Crippen LogP contribution in [-0.4, -0.2) is 49.6 Å². The number of hydrogen-bond acceptors (Lipinski definition) is 4. The number of fused-ring (bicyclic) bond motifs is 1. The number of aromatic nitrogens is 4. The Morgan fingerprint density at radius 1 is 1.06 bits per heavy atom. The van der Waals surface area contributed by atoms with Crippen molar-refractivity contribution >= 4 is 16.9 Å². The quantitative estimate of drug-likeness (QED) is 0.799. The molecule has 1 amide bonds. The van der Waals surface area contributed by atoms with E-state index in [1.807, 2.05) is 4.90 Å². The summed E-state index contributed by atoms with van der Waals surface area (Å²) in [7, 11) is 0. The molecule has 2 atom stereocenters. The molecular formula is C22H29F2N5O2. The molecule has 168 valence electrons. The maximum Gasteiger partial charge on any atom is 0.262 e. The van der Waals surface area contributed by atoms with E-state index in [1.165, 1.54) is 6.20 Å². The van der Waals surface area contributed by atoms with Crippen molar-refractivity contribution in [2.24, 2.45) is 5.92 Å². The lowest BCUT2D eigenvalue weighted by Crippen LogP contribution is -2.38. The van der Waals surface area contributed by atoms with Crippen molar-refractivity contribution < 1.29 is 13.6 Å². The third kappa shape index (κ3) is 3.87. The summed E-state index contributed by atoms with van der Waals surface area (Å²) in [6, 6.07) is -0.187. The average Bonchev–Trinajstić information content (AvgIpc) is 3.44. The van der Waals surface area contributed by atoms with Gasteiger partial charge >= 0.3 is 0 Å². The van der Waals surface area contributed by atoms with Crippen LogP contribution in [0, 0.1) is 5.92 Å². The molecule has 0 radical (unpaired) electrons. The standard InChI is InChI=1S/C22H29F2N5O2/c23-22(24)9-7-14(8-10-22)29-19-17(13-25-29)20(30)27-18(26-19)15-5-1-2-6-16(15)21(31)28-11-3-4-12-28/h13-16H,1-12H2,(H,26,27,30)/t15-,16-/m0/s1. The zero-order valence-electron chi connectivity index (χ0n) is 17.7. The van der Waals surface area contributed by atoms with Crippen molar-refractivity contribution in [3.05, 3.63) is 22.4 Å². The molecule has 0 spiro atoms. The molecule has 1 N–H and O–H groups in total. The Balaban J connectivity index is 1.48. The van der Waals surface area contributed by atoms with E-state index >= 15 is 0 Å². The van der Waals surface area contributed by atoms with Gasteiger partial charge in [0.25, 0.3) is 5.56 Å². The summed E-state index contributed by atoms with van der Waals surface area (Å²) in [4.78, 5) is 35.6. The highest BCUT2D eigenvalue weighted by molar-refractivity contribution is 5.80. The number of carbonyl (C=O) groups excluding carboxylic acids is 1. The molecule has 0 bridgehead atoms. The van der Waals surface area contributed by atoms with Crippen LogP contribution in [0.5, 0.6) is 0 Å². The first kappa shape index (κ1) is 20.6. The Kier molecular flexibility index (Phi) is 5.30. The number of aromatic amines is 1. The maximum absolute atomic E-state index is 13.6. The van der Waals surface area contributed by atoms with E-state index < -0.39 is 5.92 Å². The van der Waals surface area contributed by atoms with E-state index in [2.05, 4.69) is 10.1 Å². The molecule has 3 aliphatic rings. The maximum atomic E-state index is 13.6. The molecule has 1 saturated heterocycles. The Bertz CT molecular complexity index is 1020. The molecule has 2 aromatic heterocycles. The highest BCUT2D eigenvalue weighted by Crippen LogP contribution is 2.40. The van der Waals surface area contributed by atoms with E-state index in [-0.39, 0.29) is 42.2 Å². The van der Waals surface area contributed by atoms with Crippen molar-refractivity contribution in [2.45, 2.75) is 82.1 Å².